The molecule has 0 aromatic heterocycles. The molecule has 2 aromatic rings. The van der Waals surface area contributed by atoms with Crippen molar-refractivity contribution in [3.63, 3.8) is 0 Å². The maximum absolute atomic E-state index is 11.1. The highest BCUT2D eigenvalue weighted by Crippen LogP contribution is 2.37. The zero-order valence-electron chi connectivity index (χ0n) is 27.4. The lowest BCUT2D eigenvalue weighted by molar-refractivity contribution is 0.102. The van der Waals surface area contributed by atoms with Crippen molar-refractivity contribution in [3.8, 4) is 5.75 Å². The Labute approximate surface area is 284 Å². The van der Waals surface area contributed by atoms with Crippen LogP contribution in [-0.4, -0.2) is 57.8 Å². The number of aliphatic imine (C=N–C) groups is 1. The quantitative estimate of drug-likeness (QED) is 0.0673. The molecule has 244 valence electrons. The number of benzene rings is 2. The highest BCUT2D eigenvalue weighted by molar-refractivity contribution is 9.09. The number of likely N-dealkylation sites (tertiary alicyclic amines) is 1. The fourth-order valence-electron chi connectivity index (χ4n) is 5.29. The van der Waals surface area contributed by atoms with Gasteiger partial charge in [0.1, 0.15) is 12.4 Å². The van der Waals surface area contributed by atoms with Crippen molar-refractivity contribution in [1.29, 1.82) is 0 Å². The van der Waals surface area contributed by atoms with E-state index in [9.17, 15) is 4.79 Å². The van der Waals surface area contributed by atoms with Gasteiger partial charge in [-0.15, -0.1) is 0 Å². The summed E-state index contributed by atoms with van der Waals surface area (Å²) in [4.78, 5) is 18.0. The molecule has 4 rings (SSSR count). The van der Waals surface area contributed by atoms with E-state index < -0.39 is 0 Å². The van der Waals surface area contributed by atoms with Crippen molar-refractivity contribution in [2.24, 2.45) is 16.1 Å². The molecule has 3 N–H and O–H groups in total. The van der Waals surface area contributed by atoms with Crippen molar-refractivity contribution in [2.45, 2.75) is 92.0 Å². The molecule has 0 amide bonds. The molecule has 1 saturated heterocycles. The first-order valence-electron chi connectivity index (χ1n) is 16.1. The van der Waals surface area contributed by atoms with E-state index in [-0.39, 0.29) is 5.78 Å². The molecule has 2 fully saturated rings. The zero-order chi connectivity index (χ0) is 32.4. The Bertz CT molecular complexity index is 1160. The average molecular weight is 706 g/mol. The fraction of sp³-hybridized carbons (Fsp3) is 0.571. The largest absolute Gasteiger partial charge is 0.492 e. The number of amidine groups is 1. The molecule has 1 aliphatic heterocycles. The maximum Gasteiger partial charge on any atom is 0.199 e. The van der Waals surface area contributed by atoms with Gasteiger partial charge >= 0.3 is 0 Å². The van der Waals surface area contributed by atoms with E-state index in [0.29, 0.717) is 33.7 Å². The van der Waals surface area contributed by atoms with Gasteiger partial charge in [0.25, 0.3) is 0 Å². The molecule has 0 radical (unpaired) electrons. The minimum absolute atomic E-state index is 0.133. The van der Waals surface area contributed by atoms with Crippen LogP contribution in [0.5, 0.6) is 5.75 Å². The van der Waals surface area contributed by atoms with Crippen LogP contribution in [0.4, 0.5) is 5.69 Å². The summed E-state index contributed by atoms with van der Waals surface area (Å²) in [5.74, 6) is 2.01. The molecule has 1 atom stereocenters. The van der Waals surface area contributed by atoms with Crippen molar-refractivity contribution in [2.75, 3.05) is 36.1 Å². The number of thioether (sulfide) groups is 1. The SMILES string of the molecule is CC.CC(COc1ccc(NC(=S)/N=C(\N)SCC2(C)CCCCCC2)cc1)N1CCCC1.Cc1cccc(C(=O)CBr)c1. The molecule has 0 bridgehead atoms. The molecular formula is C35H53BrN4O2S2. The van der Waals surface area contributed by atoms with Crippen LogP contribution in [0.2, 0.25) is 0 Å². The van der Waals surface area contributed by atoms with Crippen LogP contribution in [0.1, 0.15) is 95.0 Å². The standard InChI is InChI=1S/C24H38N4OS2.C9H9BrO.C2H6/c1-19(28-15-7-8-16-28)17-29-21-11-9-20(10-12-21)26-23(30)27-22(25)31-18-24(2)13-5-3-4-6-14-24;1-7-3-2-4-8(5-7)9(11)6-10;1-2/h9-12,19H,3-8,13-18H2,1-2H3,(H3,25,26,27,30);2-5H,6H2,1H3;1-2H3. The first kappa shape index (κ1) is 38.2. The molecular weight excluding hydrogens is 652 g/mol. The van der Waals surface area contributed by atoms with Gasteiger partial charge in [-0.2, -0.15) is 4.99 Å². The lowest BCUT2D eigenvalue weighted by Crippen LogP contribution is -2.34. The number of anilines is 1. The normalized spacial score (nSPS) is 17.2. The number of Topliss-reactive ketones (excluding diaryl/α,β-unsaturated/α-hetero) is 1. The zero-order valence-corrected chi connectivity index (χ0v) is 30.6. The molecule has 1 unspecified atom stereocenters. The van der Waals surface area contributed by atoms with E-state index in [1.165, 1.54) is 64.5 Å². The minimum Gasteiger partial charge on any atom is -0.492 e. The average Bonchev–Trinajstić information content (AvgIpc) is 3.49. The number of carbonyl (C=O) groups excluding carboxylic acids is 1. The van der Waals surface area contributed by atoms with Crippen molar-refractivity contribution < 1.29 is 9.53 Å². The summed E-state index contributed by atoms with van der Waals surface area (Å²) >= 11 is 10.1. The molecule has 9 heteroatoms. The predicted octanol–water partition coefficient (Wildman–Crippen LogP) is 9.25. The summed E-state index contributed by atoms with van der Waals surface area (Å²) in [6.07, 6.45) is 10.5. The molecule has 6 nitrogen and oxygen atoms in total. The van der Waals surface area contributed by atoms with Crippen LogP contribution in [-0.2, 0) is 0 Å². The first-order chi connectivity index (χ1) is 21.2. The molecule has 1 aliphatic carbocycles. The second kappa shape index (κ2) is 21.0. The fourth-order valence-corrected chi connectivity index (χ4v) is 6.83. The van der Waals surface area contributed by atoms with Gasteiger partial charge in [0.05, 0.1) is 5.33 Å². The summed E-state index contributed by atoms with van der Waals surface area (Å²) in [7, 11) is 0. The van der Waals surface area contributed by atoms with Crippen LogP contribution in [0.25, 0.3) is 0 Å². The third-order valence-electron chi connectivity index (χ3n) is 7.91. The van der Waals surface area contributed by atoms with E-state index in [4.69, 9.17) is 22.7 Å². The number of rotatable bonds is 9. The van der Waals surface area contributed by atoms with Gasteiger partial charge in [0.2, 0.25) is 0 Å². The third-order valence-corrected chi connectivity index (χ3v) is 9.84. The Balaban J connectivity index is 0.000000434. The number of halogens is 1. The monoisotopic (exact) mass is 704 g/mol. The van der Waals surface area contributed by atoms with Crippen molar-refractivity contribution >= 4 is 61.7 Å². The van der Waals surface area contributed by atoms with Gasteiger partial charge in [0, 0.05) is 23.0 Å². The molecule has 2 aromatic carbocycles. The van der Waals surface area contributed by atoms with Gasteiger partial charge in [-0.05, 0) is 101 Å². The second-order valence-electron chi connectivity index (χ2n) is 11.7. The van der Waals surface area contributed by atoms with Crippen molar-refractivity contribution in [1.82, 2.24) is 4.90 Å². The summed E-state index contributed by atoms with van der Waals surface area (Å²) in [5.41, 5.74) is 9.30. The lowest BCUT2D eigenvalue weighted by Gasteiger charge is -2.27. The van der Waals surface area contributed by atoms with E-state index in [1.54, 1.807) is 11.8 Å². The van der Waals surface area contributed by atoms with Gasteiger partial charge in [-0.25, -0.2) is 0 Å². The smallest absolute Gasteiger partial charge is 0.199 e. The van der Waals surface area contributed by atoms with Crippen LogP contribution in [0.3, 0.4) is 0 Å². The molecule has 44 heavy (non-hydrogen) atoms. The van der Waals surface area contributed by atoms with Gasteiger partial charge in [-0.3, -0.25) is 9.69 Å². The maximum atomic E-state index is 11.1. The van der Waals surface area contributed by atoms with Crippen molar-refractivity contribution in [3.05, 3.63) is 59.7 Å². The van der Waals surface area contributed by atoms with E-state index in [1.807, 2.05) is 69.3 Å². The highest BCUT2D eigenvalue weighted by atomic mass is 79.9. The number of nitrogens with one attached hydrogen (secondary N) is 1. The Morgan fingerprint density at radius 3 is 2.32 bits per heavy atom. The predicted molar refractivity (Wildman–Crippen MR) is 199 cm³/mol. The minimum atomic E-state index is 0.133. The summed E-state index contributed by atoms with van der Waals surface area (Å²) in [6, 6.07) is 15.9. The molecule has 1 heterocycles. The van der Waals surface area contributed by atoms with Crippen LogP contribution >= 0.6 is 39.9 Å². The summed E-state index contributed by atoms with van der Waals surface area (Å²) in [5, 5.41) is 4.49. The number of alkyl halides is 1. The summed E-state index contributed by atoms with van der Waals surface area (Å²) < 4.78 is 5.96. The topological polar surface area (TPSA) is 80.0 Å². The number of thiocarbonyl (C=S) groups is 1. The Morgan fingerprint density at radius 1 is 1.09 bits per heavy atom. The second-order valence-corrected chi connectivity index (χ2v) is 13.7. The van der Waals surface area contributed by atoms with Gasteiger partial charge in [-0.1, -0.05) is 97.9 Å². The number of hydrogen-bond donors (Lipinski definition) is 2. The lowest BCUT2D eigenvalue weighted by atomic mass is 9.85. The van der Waals surface area contributed by atoms with Crippen LogP contribution in [0, 0.1) is 12.3 Å². The number of hydrogen-bond acceptors (Lipinski definition) is 5. The van der Waals surface area contributed by atoms with E-state index in [2.05, 4.69) is 45.0 Å². The number of carbonyl (C=O) groups is 1. The Morgan fingerprint density at radius 2 is 1.73 bits per heavy atom. The van der Waals surface area contributed by atoms with Gasteiger partial charge in [0.15, 0.2) is 16.1 Å². The molecule has 1 saturated carbocycles. The van der Waals surface area contributed by atoms with Crippen LogP contribution < -0.4 is 15.8 Å². The van der Waals surface area contributed by atoms with Gasteiger partial charge < -0.3 is 15.8 Å². The Hall–Kier alpha value is -1.94. The number of ether oxygens (including phenoxy) is 1. The summed E-state index contributed by atoms with van der Waals surface area (Å²) in [6.45, 7) is 13.7. The molecule has 0 spiro atoms. The van der Waals surface area contributed by atoms with E-state index in [0.717, 1.165) is 28.3 Å². The number of ketones is 1. The first-order valence-corrected chi connectivity index (χ1v) is 18.6. The number of aryl methyl sites for hydroxylation is 1. The Kier molecular flexibility index (Phi) is 18.2. The van der Waals surface area contributed by atoms with E-state index >= 15 is 0 Å². The number of nitrogens with two attached hydrogens (primary N) is 1. The molecule has 2 aliphatic rings. The highest BCUT2D eigenvalue weighted by Gasteiger charge is 2.26. The van der Waals surface area contributed by atoms with Crippen LogP contribution in [0.15, 0.2) is 53.5 Å². The number of nitrogens with zero attached hydrogens (tertiary/aromatic N) is 2. The third kappa shape index (κ3) is 14.4.